The number of ether oxygens (including phenoxy) is 1. The van der Waals surface area contributed by atoms with Crippen LogP contribution in [-0.2, 0) is 5.75 Å². The smallest absolute Gasteiger partial charge is 0.122 e. The second-order valence-electron chi connectivity index (χ2n) is 4.02. The molecule has 18 heavy (non-hydrogen) atoms. The maximum atomic E-state index is 8.70. The summed E-state index contributed by atoms with van der Waals surface area (Å²) in [7, 11) is 1.69. The first-order valence-corrected chi connectivity index (χ1v) is 7.14. The lowest BCUT2D eigenvalue weighted by molar-refractivity contribution is 0.350. The van der Waals surface area contributed by atoms with E-state index in [1.165, 1.54) is 0 Å². The third-order valence-corrected chi connectivity index (χ3v) is 4.07. The van der Waals surface area contributed by atoms with Gasteiger partial charge in [-0.1, -0.05) is 25.7 Å². The average Bonchev–Trinajstić information content (AvgIpc) is 2.42. The van der Waals surface area contributed by atoms with E-state index in [9.17, 15) is 0 Å². The molecule has 3 heteroatoms. The Morgan fingerprint density at radius 1 is 1.44 bits per heavy atom. The molecule has 2 nitrogen and oxygen atoms in total. The largest absolute Gasteiger partial charge is 0.496 e. The van der Waals surface area contributed by atoms with E-state index >= 15 is 0 Å². The second-order valence-corrected chi connectivity index (χ2v) is 5.44. The quantitative estimate of drug-likeness (QED) is 0.829. The van der Waals surface area contributed by atoms with E-state index < -0.39 is 0 Å². The molecule has 0 amide bonds. The molecular weight excluding hydrogens is 244 g/mol. The second kappa shape index (κ2) is 8.07. The summed E-state index contributed by atoms with van der Waals surface area (Å²) in [4.78, 5) is 0. The first-order chi connectivity index (χ1) is 8.71. The molecule has 0 radical (unpaired) electrons. The highest BCUT2D eigenvalue weighted by Gasteiger charge is 2.06. The molecule has 1 aromatic carbocycles. The molecule has 98 valence electrons. The van der Waals surface area contributed by atoms with Crippen LogP contribution in [0.5, 0.6) is 5.75 Å². The topological polar surface area (TPSA) is 29.5 Å². The van der Waals surface area contributed by atoms with Crippen molar-refractivity contribution >= 4 is 11.8 Å². The Morgan fingerprint density at radius 2 is 2.22 bits per heavy atom. The van der Waals surface area contributed by atoms with E-state index in [2.05, 4.69) is 25.7 Å². The van der Waals surface area contributed by atoms with E-state index in [1.807, 2.05) is 30.0 Å². The molecule has 1 aromatic rings. The van der Waals surface area contributed by atoms with Crippen LogP contribution in [0.4, 0.5) is 0 Å². The zero-order chi connectivity index (χ0) is 13.4. The normalized spacial score (nSPS) is 11.6. The van der Waals surface area contributed by atoms with Crippen molar-refractivity contribution in [2.75, 3.05) is 13.7 Å². The minimum atomic E-state index is -0.108. The lowest BCUT2D eigenvalue weighted by Crippen LogP contribution is -1.96. The Bertz CT molecular complexity index is 432. The van der Waals surface area contributed by atoms with Crippen LogP contribution in [0.25, 0.3) is 0 Å². The molecule has 0 aliphatic rings. The molecule has 1 unspecified atom stereocenters. The first-order valence-electron chi connectivity index (χ1n) is 6.09. The molecular formula is C15H20O2S. The molecule has 1 N–H and O–H groups in total. The van der Waals surface area contributed by atoms with Crippen LogP contribution in [0.1, 0.15) is 31.4 Å². The first kappa shape index (κ1) is 14.9. The zero-order valence-electron chi connectivity index (χ0n) is 11.2. The maximum absolute atomic E-state index is 8.70. The summed E-state index contributed by atoms with van der Waals surface area (Å²) < 4.78 is 5.36. The van der Waals surface area contributed by atoms with Crippen molar-refractivity contribution in [2.45, 2.75) is 31.3 Å². The van der Waals surface area contributed by atoms with Gasteiger partial charge in [0, 0.05) is 22.1 Å². The molecule has 0 bridgehead atoms. The highest BCUT2D eigenvalue weighted by atomic mass is 32.2. The molecule has 0 saturated heterocycles. The van der Waals surface area contributed by atoms with Gasteiger partial charge in [0.2, 0.25) is 0 Å². The van der Waals surface area contributed by atoms with Gasteiger partial charge in [-0.15, -0.1) is 0 Å². The van der Waals surface area contributed by atoms with Gasteiger partial charge >= 0.3 is 0 Å². The van der Waals surface area contributed by atoms with E-state index in [0.29, 0.717) is 5.25 Å². The average molecular weight is 264 g/mol. The molecule has 0 aliphatic heterocycles. The van der Waals surface area contributed by atoms with Gasteiger partial charge < -0.3 is 9.84 Å². The lowest BCUT2D eigenvalue weighted by Gasteiger charge is -2.11. The van der Waals surface area contributed by atoms with Crippen LogP contribution in [0.15, 0.2) is 18.2 Å². The van der Waals surface area contributed by atoms with Gasteiger partial charge in [-0.05, 0) is 24.6 Å². The number of hydrogen-bond acceptors (Lipinski definition) is 3. The Balaban J connectivity index is 2.84. The third-order valence-electron chi connectivity index (χ3n) is 2.69. The fourth-order valence-corrected chi connectivity index (χ4v) is 2.39. The zero-order valence-corrected chi connectivity index (χ0v) is 12.0. The van der Waals surface area contributed by atoms with Gasteiger partial charge in [-0.25, -0.2) is 0 Å². The van der Waals surface area contributed by atoms with Gasteiger partial charge in [-0.2, -0.15) is 11.8 Å². The predicted octanol–water partition coefficient (Wildman–Crippen LogP) is 3.07. The fourth-order valence-electron chi connectivity index (χ4n) is 1.46. The predicted molar refractivity (Wildman–Crippen MR) is 78.0 cm³/mol. The van der Waals surface area contributed by atoms with Crippen LogP contribution in [0, 0.1) is 11.8 Å². The maximum Gasteiger partial charge on any atom is 0.122 e. The standard InChI is InChI=1S/C15H20O2S/c1-4-12(2)18-11-14-10-13(6-5-9-16)7-8-15(14)17-3/h7-8,10,12,16H,4,9,11H2,1-3H3. The van der Waals surface area contributed by atoms with Gasteiger partial charge in [0.25, 0.3) is 0 Å². The van der Waals surface area contributed by atoms with Crippen molar-refractivity contribution in [3.63, 3.8) is 0 Å². The highest BCUT2D eigenvalue weighted by Crippen LogP contribution is 2.27. The summed E-state index contributed by atoms with van der Waals surface area (Å²) >= 11 is 1.91. The number of aliphatic hydroxyl groups is 1. The number of aliphatic hydroxyl groups excluding tert-OH is 1. The Kier molecular flexibility index (Phi) is 6.70. The summed E-state index contributed by atoms with van der Waals surface area (Å²) in [6, 6.07) is 5.89. The van der Waals surface area contributed by atoms with Crippen LogP contribution < -0.4 is 4.74 Å². The van der Waals surface area contributed by atoms with E-state index in [0.717, 1.165) is 29.1 Å². The monoisotopic (exact) mass is 264 g/mol. The number of rotatable bonds is 5. The summed E-state index contributed by atoms with van der Waals surface area (Å²) in [5, 5.41) is 9.34. The highest BCUT2D eigenvalue weighted by molar-refractivity contribution is 7.99. The molecule has 1 atom stereocenters. The third kappa shape index (κ3) is 4.64. The van der Waals surface area contributed by atoms with Crippen LogP contribution in [0.3, 0.4) is 0 Å². The summed E-state index contributed by atoms with van der Waals surface area (Å²) in [6.45, 7) is 4.31. The molecule has 0 spiro atoms. The Labute approximate surface area is 114 Å². The van der Waals surface area contributed by atoms with Gasteiger partial charge in [0.15, 0.2) is 0 Å². The van der Waals surface area contributed by atoms with Crippen molar-refractivity contribution in [3.8, 4) is 17.6 Å². The molecule has 0 heterocycles. The number of hydrogen-bond donors (Lipinski definition) is 1. The van der Waals surface area contributed by atoms with Crippen molar-refractivity contribution in [2.24, 2.45) is 0 Å². The molecule has 1 rings (SSSR count). The number of benzene rings is 1. The van der Waals surface area contributed by atoms with Crippen molar-refractivity contribution in [1.82, 2.24) is 0 Å². The molecule has 0 aromatic heterocycles. The summed E-state index contributed by atoms with van der Waals surface area (Å²) in [6.07, 6.45) is 1.16. The Hall–Kier alpha value is -1.11. The van der Waals surface area contributed by atoms with Gasteiger partial charge in [-0.3, -0.25) is 0 Å². The van der Waals surface area contributed by atoms with Crippen LogP contribution >= 0.6 is 11.8 Å². The minimum Gasteiger partial charge on any atom is -0.496 e. The van der Waals surface area contributed by atoms with Gasteiger partial charge in [0.1, 0.15) is 12.4 Å². The van der Waals surface area contributed by atoms with E-state index in [1.54, 1.807) is 7.11 Å². The van der Waals surface area contributed by atoms with Crippen molar-refractivity contribution in [1.29, 1.82) is 0 Å². The van der Waals surface area contributed by atoms with Crippen molar-refractivity contribution in [3.05, 3.63) is 29.3 Å². The SMILES string of the molecule is CCC(C)SCc1cc(C#CCO)ccc1OC. The summed E-state index contributed by atoms with van der Waals surface area (Å²) in [5.74, 6) is 7.41. The Morgan fingerprint density at radius 3 is 2.83 bits per heavy atom. The van der Waals surface area contributed by atoms with E-state index in [-0.39, 0.29) is 6.61 Å². The van der Waals surface area contributed by atoms with E-state index in [4.69, 9.17) is 9.84 Å². The lowest BCUT2D eigenvalue weighted by atomic mass is 10.1. The van der Waals surface area contributed by atoms with Crippen molar-refractivity contribution < 1.29 is 9.84 Å². The molecule has 0 saturated carbocycles. The minimum absolute atomic E-state index is 0.108. The molecule has 0 fully saturated rings. The van der Waals surface area contributed by atoms with Crippen LogP contribution in [-0.4, -0.2) is 24.1 Å². The summed E-state index contributed by atoms with van der Waals surface area (Å²) in [5.41, 5.74) is 2.08. The number of thioether (sulfide) groups is 1. The number of methoxy groups -OCH3 is 1. The van der Waals surface area contributed by atoms with Gasteiger partial charge in [0.05, 0.1) is 7.11 Å². The fraction of sp³-hybridized carbons (Fsp3) is 0.467. The molecule has 0 aliphatic carbocycles. The van der Waals surface area contributed by atoms with Crippen LogP contribution in [0.2, 0.25) is 0 Å².